The number of halogens is 2. The molecular weight excluding hydrogens is 352 g/mol. The predicted molar refractivity (Wildman–Crippen MR) is 90.1 cm³/mol. The number of aromatic nitrogens is 1. The van der Waals surface area contributed by atoms with Gasteiger partial charge in [-0.25, -0.2) is 0 Å². The largest absolute Gasteiger partial charge is 0.495 e. The number of nitrogens with zero attached hydrogens (tertiary/aromatic N) is 1. The Labute approximate surface area is 138 Å². The Kier molecular flexibility index (Phi) is 6.03. The lowest BCUT2D eigenvalue weighted by Crippen LogP contribution is -2.23. The van der Waals surface area contributed by atoms with Gasteiger partial charge in [0.25, 0.3) is 0 Å². The zero-order valence-corrected chi connectivity index (χ0v) is 14.4. The van der Waals surface area contributed by atoms with Gasteiger partial charge in [-0.1, -0.05) is 24.6 Å². The van der Waals surface area contributed by atoms with Crippen LogP contribution in [0.5, 0.6) is 5.75 Å². The van der Waals surface area contributed by atoms with E-state index < -0.39 is 0 Å². The van der Waals surface area contributed by atoms with Crippen molar-refractivity contribution in [3.05, 3.63) is 57.3 Å². The summed E-state index contributed by atoms with van der Waals surface area (Å²) in [5, 5.41) is 4.23. The van der Waals surface area contributed by atoms with Gasteiger partial charge >= 0.3 is 0 Å². The molecule has 0 saturated heterocycles. The second-order valence-electron chi connectivity index (χ2n) is 4.72. The summed E-state index contributed by atoms with van der Waals surface area (Å²) in [4.78, 5) is 4.24. The molecule has 0 saturated carbocycles. The average molecular weight is 370 g/mol. The molecule has 0 spiro atoms. The van der Waals surface area contributed by atoms with Gasteiger partial charge in [-0.3, -0.25) is 4.98 Å². The first-order chi connectivity index (χ1) is 10.2. The van der Waals surface area contributed by atoms with Crippen LogP contribution in [0.15, 0.2) is 41.1 Å². The predicted octanol–water partition coefficient (Wildman–Crippen LogP) is 4.60. The van der Waals surface area contributed by atoms with E-state index in [1.54, 1.807) is 13.3 Å². The van der Waals surface area contributed by atoms with E-state index in [-0.39, 0.29) is 6.04 Å². The number of methoxy groups -OCH3 is 1. The van der Waals surface area contributed by atoms with Crippen molar-refractivity contribution in [2.75, 3.05) is 13.7 Å². The van der Waals surface area contributed by atoms with Gasteiger partial charge in [0.1, 0.15) is 5.75 Å². The SMILES string of the molecule is CCCNC(c1cncc(OC)c1)c1ccc(Br)c(Cl)c1. The number of benzene rings is 1. The van der Waals surface area contributed by atoms with E-state index in [1.807, 2.05) is 24.4 Å². The average Bonchev–Trinajstić information content (AvgIpc) is 2.51. The number of hydrogen-bond donors (Lipinski definition) is 1. The molecule has 2 rings (SSSR count). The Morgan fingerprint density at radius 1 is 1.29 bits per heavy atom. The van der Waals surface area contributed by atoms with Crippen LogP contribution in [0.1, 0.15) is 30.5 Å². The minimum atomic E-state index is 0.0400. The van der Waals surface area contributed by atoms with Crippen molar-refractivity contribution >= 4 is 27.5 Å². The molecule has 0 aliphatic carbocycles. The Morgan fingerprint density at radius 3 is 2.76 bits per heavy atom. The Bertz CT molecular complexity index is 607. The molecule has 21 heavy (non-hydrogen) atoms. The lowest BCUT2D eigenvalue weighted by Gasteiger charge is -2.20. The molecule has 112 valence electrons. The van der Waals surface area contributed by atoms with Crippen molar-refractivity contribution in [3.63, 3.8) is 0 Å². The van der Waals surface area contributed by atoms with E-state index in [0.29, 0.717) is 5.02 Å². The highest BCUT2D eigenvalue weighted by Gasteiger charge is 2.15. The molecule has 3 nitrogen and oxygen atoms in total. The number of pyridine rings is 1. The summed E-state index contributed by atoms with van der Waals surface area (Å²) < 4.78 is 6.16. The molecule has 1 heterocycles. The molecule has 0 fully saturated rings. The van der Waals surface area contributed by atoms with Gasteiger partial charge in [-0.15, -0.1) is 0 Å². The van der Waals surface area contributed by atoms with E-state index in [1.165, 1.54) is 0 Å². The van der Waals surface area contributed by atoms with Crippen molar-refractivity contribution in [2.24, 2.45) is 0 Å². The smallest absolute Gasteiger partial charge is 0.137 e. The van der Waals surface area contributed by atoms with Crippen molar-refractivity contribution in [3.8, 4) is 5.75 Å². The zero-order valence-electron chi connectivity index (χ0n) is 12.1. The summed E-state index contributed by atoms with van der Waals surface area (Å²) in [6.07, 6.45) is 4.61. The first-order valence-corrected chi connectivity index (χ1v) is 8.00. The fourth-order valence-corrected chi connectivity index (χ4v) is 2.55. The van der Waals surface area contributed by atoms with Gasteiger partial charge < -0.3 is 10.1 Å². The van der Waals surface area contributed by atoms with E-state index in [4.69, 9.17) is 16.3 Å². The highest BCUT2D eigenvalue weighted by Crippen LogP contribution is 2.30. The summed E-state index contributed by atoms with van der Waals surface area (Å²) in [6, 6.07) is 8.03. The van der Waals surface area contributed by atoms with Gasteiger partial charge in [-0.2, -0.15) is 0 Å². The number of rotatable bonds is 6. The molecule has 1 aromatic carbocycles. The molecule has 0 amide bonds. The second-order valence-corrected chi connectivity index (χ2v) is 5.98. The topological polar surface area (TPSA) is 34.2 Å². The third kappa shape index (κ3) is 4.19. The summed E-state index contributed by atoms with van der Waals surface area (Å²) in [6.45, 7) is 3.05. The van der Waals surface area contributed by atoms with E-state index in [9.17, 15) is 0 Å². The van der Waals surface area contributed by atoms with E-state index in [0.717, 1.165) is 34.3 Å². The van der Waals surface area contributed by atoms with E-state index >= 15 is 0 Å². The highest BCUT2D eigenvalue weighted by atomic mass is 79.9. The zero-order chi connectivity index (χ0) is 15.2. The number of ether oxygens (including phenoxy) is 1. The molecular formula is C16H18BrClN2O. The van der Waals surface area contributed by atoms with Gasteiger partial charge in [0, 0.05) is 10.7 Å². The first-order valence-electron chi connectivity index (χ1n) is 6.83. The van der Waals surface area contributed by atoms with Crippen molar-refractivity contribution in [1.82, 2.24) is 10.3 Å². The van der Waals surface area contributed by atoms with Crippen LogP contribution in [0.3, 0.4) is 0 Å². The summed E-state index contributed by atoms with van der Waals surface area (Å²) in [5.41, 5.74) is 2.16. The van der Waals surface area contributed by atoms with Crippen LogP contribution in [0.4, 0.5) is 0 Å². The van der Waals surface area contributed by atoms with Crippen molar-refractivity contribution in [1.29, 1.82) is 0 Å². The minimum absolute atomic E-state index is 0.0400. The summed E-state index contributed by atoms with van der Waals surface area (Å²) >= 11 is 9.65. The molecule has 0 aliphatic heterocycles. The van der Waals surface area contributed by atoms with Gasteiger partial charge in [0.2, 0.25) is 0 Å². The first kappa shape index (κ1) is 16.3. The fourth-order valence-electron chi connectivity index (χ4n) is 2.11. The molecule has 1 unspecified atom stereocenters. The number of hydrogen-bond acceptors (Lipinski definition) is 3. The lowest BCUT2D eigenvalue weighted by molar-refractivity contribution is 0.411. The Balaban J connectivity index is 2.38. The summed E-state index contributed by atoms with van der Waals surface area (Å²) in [7, 11) is 1.64. The highest BCUT2D eigenvalue weighted by molar-refractivity contribution is 9.10. The second kappa shape index (κ2) is 7.78. The Hall–Kier alpha value is -1.10. The number of nitrogens with one attached hydrogen (secondary N) is 1. The molecule has 1 atom stereocenters. The van der Waals surface area contributed by atoms with Crippen LogP contribution >= 0.6 is 27.5 Å². The van der Waals surface area contributed by atoms with Crippen LogP contribution in [-0.4, -0.2) is 18.6 Å². The third-order valence-electron chi connectivity index (χ3n) is 3.18. The van der Waals surface area contributed by atoms with Crippen molar-refractivity contribution in [2.45, 2.75) is 19.4 Å². The van der Waals surface area contributed by atoms with Crippen molar-refractivity contribution < 1.29 is 4.74 Å². The standard InChI is InChI=1S/C16H18BrClN2O/c1-3-6-20-16(11-4-5-14(17)15(18)8-11)12-7-13(21-2)10-19-9-12/h4-5,7-10,16,20H,3,6H2,1-2H3. The maximum absolute atomic E-state index is 6.22. The maximum atomic E-state index is 6.22. The monoisotopic (exact) mass is 368 g/mol. The van der Waals surface area contributed by atoms with Crippen LogP contribution < -0.4 is 10.1 Å². The molecule has 5 heteroatoms. The van der Waals surface area contributed by atoms with Gasteiger partial charge in [-0.05, 0) is 58.2 Å². The molecule has 0 radical (unpaired) electrons. The third-order valence-corrected chi connectivity index (χ3v) is 4.41. The minimum Gasteiger partial charge on any atom is -0.495 e. The normalized spacial score (nSPS) is 12.2. The van der Waals surface area contributed by atoms with Gasteiger partial charge in [0.05, 0.1) is 24.4 Å². The molecule has 0 bridgehead atoms. The quantitative estimate of drug-likeness (QED) is 0.808. The van der Waals surface area contributed by atoms with E-state index in [2.05, 4.69) is 39.2 Å². The Morgan fingerprint density at radius 2 is 2.10 bits per heavy atom. The molecule has 1 N–H and O–H groups in total. The maximum Gasteiger partial charge on any atom is 0.137 e. The molecule has 1 aromatic heterocycles. The van der Waals surface area contributed by atoms with Crippen LogP contribution in [0.25, 0.3) is 0 Å². The molecule has 0 aliphatic rings. The molecule has 2 aromatic rings. The van der Waals surface area contributed by atoms with Crippen LogP contribution in [-0.2, 0) is 0 Å². The van der Waals surface area contributed by atoms with Gasteiger partial charge in [0.15, 0.2) is 0 Å². The van der Waals surface area contributed by atoms with Crippen LogP contribution in [0, 0.1) is 0 Å². The summed E-state index contributed by atoms with van der Waals surface area (Å²) in [5.74, 6) is 0.749. The van der Waals surface area contributed by atoms with Crippen LogP contribution in [0.2, 0.25) is 5.02 Å². The lowest BCUT2D eigenvalue weighted by atomic mass is 10.00. The fraction of sp³-hybridized carbons (Fsp3) is 0.312.